The molecule has 0 bridgehead atoms. The lowest BCUT2D eigenvalue weighted by atomic mass is 9.68. The standard InChI is InChI=1S/C19H28FNO/c1-21-14-19(7-4-3-5-8-19)9-6-17(21)11-15-10-16(20)13-18(12-15)22-2/h10,12-13,17H,3-9,11,14H2,1-2H3. The lowest BCUT2D eigenvalue weighted by Gasteiger charge is -2.48. The molecule has 0 N–H and O–H groups in total. The van der Waals surface area contributed by atoms with Gasteiger partial charge in [0.1, 0.15) is 11.6 Å². The zero-order chi connectivity index (χ0) is 15.6. The van der Waals surface area contributed by atoms with Gasteiger partial charge in [0, 0.05) is 18.7 Å². The van der Waals surface area contributed by atoms with Crippen molar-refractivity contribution >= 4 is 0 Å². The van der Waals surface area contributed by atoms with Crippen molar-refractivity contribution in [2.45, 2.75) is 57.4 Å². The van der Waals surface area contributed by atoms with E-state index in [1.165, 1.54) is 57.6 Å². The quantitative estimate of drug-likeness (QED) is 0.819. The number of likely N-dealkylation sites (N-methyl/N-ethyl adjacent to an activating group) is 1. The lowest BCUT2D eigenvalue weighted by Crippen LogP contribution is -2.48. The van der Waals surface area contributed by atoms with Gasteiger partial charge in [-0.3, -0.25) is 0 Å². The van der Waals surface area contributed by atoms with Gasteiger partial charge >= 0.3 is 0 Å². The molecule has 1 saturated carbocycles. The Hall–Kier alpha value is -1.09. The van der Waals surface area contributed by atoms with E-state index in [-0.39, 0.29) is 5.82 Å². The molecule has 1 unspecified atom stereocenters. The van der Waals surface area contributed by atoms with Gasteiger partial charge in [-0.2, -0.15) is 0 Å². The van der Waals surface area contributed by atoms with Crippen molar-refractivity contribution in [3.05, 3.63) is 29.6 Å². The number of methoxy groups -OCH3 is 1. The Kier molecular flexibility index (Phi) is 4.72. The van der Waals surface area contributed by atoms with Crippen molar-refractivity contribution in [3.63, 3.8) is 0 Å². The molecule has 3 rings (SSSR count). The van der Waals surface area contributed by atoms with E-state index in [4.69, 9.17) is 4.74 Å². The van der Waals surface area contributed by atoms with Crippen LogP contribution in [-0.4, -0.2) is 31.6 Å². The largest absolute Gasteiger partial charge is 0.497 e. The van der Waals surface area contributed by atoms with Gasteiger partial charge in [-0.25, -0.2) is 4.39 Å². The van der Waals surface area contributed by atoms with Gasteiger partial charge in [0.2, 0.25) is 0 Å². The summed E-state index contributed by atoms with van der Waals surface area (Å²) in [6, 6.07) is 5.60. The molecule has 1 aromatic rings. The molecule has 22 heavy (non-hydrogen) atoms. The van der Waals surface area contributed by atoms with Gasteiger partial charge < -0.3 is 9.64 Å². The molecule has 0 amide bonds. The number of halogens is 1. The molecular weight excluding hydrogens is 277 g/mol. The van der Waals surface area contributed by atoms with Crippen LogP contribution in [0.5, 0.6) is 5.75 Å². The number of hydrogen-bond donors (Lipinski definition) is 0. The highest BCUT2D eigenvalue weighted by Crippen LogP contribution is 2.44. The highest BCUT2D eigenvalue weighted by Gasteiger charge is 2.38. The van der Waals surface area contributed by atoms with Crippen molar-refractivity contribution < 1.29 is 9.13 Å². The molecule has 3 heteroatoms. The molecule has 2 fully saturated rings. The van der Waals surface area contributed by atoms with Crippen molar-refractivity contribution in [1.82, 2.24) is 4.90 Å². The van der Waals surface area contributed by atoms with Crippen molar-refractivity contribution in [3.8, 4) is 5.75 Å². The van der Waals surface area contributed by atoms with Crippen LogP contribution in [0.15, 0.2) is 18.2 Å². The Bertz CT molecular complexity index is 510. The molecule has 1 aromatic carbocycles. The minimum Gasteiger partial charge on any atom is -0.497 e. The molecule has 2 aliphatic rings. The van der Waals surface area contributed by atoms with E-state index in [1.807, 2.05) is 6.07 Å². The second-order valence-electron chi connectivity index (χ2n) is 7.37. The molecule has 2 nitrogen and oxygen atoms in total. The third-order valence-electron chi connectivity index (χ3n) is 5.77. The number of benzene rings is 1. The first-order chi connectivity index (χ1) is 10.6. The highest BCUT2D eigenvalue weighted by molar-refractivity contribution is 5.30. The van der Waals surface area contributed by atoms with Gasteiger partial charge in [0.25, 0.3) is 0 Å². The topological polar surface area (TPSA) is 12.5 Å². The second-order valence-corrected chi connectivity index (χ2v) is 7.37. The van der Waals surface area contributed by atoms with Crippen LogP contribution in [0.1, 0.15) is 50.5 Å². The Labute approximate surface area is 133 Å². The zero-order valence-electron chi connectivity index (χ0n) is 13.9. The van der Waals surface area contributed by atoms with E-state index in [1.54, 1.807) is 13.2 Å². The molecular formula is C19H28FNO. The predicted molar refractivity (Wildman–Crippen MR) is 87.8 cm³/mol. The molecule has 1 saturated heterocycles. The van der Waals surface area contributed by atoms with E-state index >= 15 is 0 Å². The Morgan fingerprint density at radius 3 is 2.64 bits per heavy atom. The molecule has 1 atom stereocenters. The van der Waals surface area contributed by atoms with E-state index < -0.39 is 0 Å². The molecule has 1 aliphatic heterocycles. The summed E-state index contributed by atoms with van der Waals surface area (Å²) in [6.45, 7) is 1.21. The fraction of sp³-hybridized carbons (Fsp3) is 0.684. The van der Waals surface area contributed by atoms with Gasteiger partial charge in [0.15, 0.2) is 0 Å². The zero-order valence-corrected chi connectivity index (χ0v) is 13.9. The van der Waals surface area contributed by atoms with Crippen LogP contribution in [0.25, 0.3) is 0 Å². The summed E-state index contributed by atoms with van der Waals surface area (Å²) in [4.78, 5) is 2.52. The van der Waals surface area contributed by atoms with Crippen LogP contribution in [0.3, 0.4) is 0 Å². The van der Waals surface area contributed by atoms with Crippen LogP contribution < -0.4 is 4.74 Å². The summed E-state index contributed by atoms with van der Waals surface area (Å²) in [5.74, 6) is 0.425. The summed E-state index contributed by atoms with van der Waals surface area (Å²) in [5, 5.41) is 0. The first-order valence-corrected chi connectivity index (χ1v) is 8.64. The SMILES string of the molecule is COc1cc(F)cc(CC2CCC3(CCCCC3)CN2C)c1. The Morgan fingerprint density at radius 2 is 1.95 bits per heavy atom. The van der Waals surface area contributed by atoms with Crippen LogP contribution in [-0.2, 0) is 6.42 Å². The molecule has 1 spiro atoms. The summed E-state index contributed by atoms with van der Waals surface area (Å²) in [6.07, 6.45) is 10.5. The molecule has 1 heterocycles. The van der Waals surface area contributed by atoms with E-state index in [9.17, 15) is 4.39 Å². The number of rotatable bonds is 3. The van der Waals surface area contributed by atoms with Crippen molar-refractivity contribution in [1.29, 1.82) is 0 Å². The van der Waals surface area contributed by atoms with Crippen LogP contribution in [0.2, 0.25) is 0 Å². The lowest BCUT2D eigenvalue weighted by molar-refractivity contribution is 0.0326. The number of piperidine rings is 1. The highest BCUT2D eigenvalue weighted by atomic mass is 19.1. The van der Waals surface area contributed by atoms with Gasteiger partial charge in [-0.15, -0.1) is 0 Å². The maximum Gasteiger partial charge on any atom is 0.127 e. The molecule has 1 aliphatic carbocycles. The van der Waals surface area contributed by atoms with Gasteiger partial charge in [-0.1, -0.05) is 19.3 Å². The smallest absolute Gasteiger partial charge is 0.127 e. The maximum atomic E-state index is 13.7. The summed E-state index contributed by atoms with van der Waals surface area (Å²) >= 11 is 0. The number of nitrogens with zero attached hydrogens (tertiary/aromatic N) is 1. The minimum atomic E-state index is -0.198. The molecule has 0 aromatic heterocycles. The minimum absolute atomic E-state index is 0.198. The third-order valence-corrected chi connectivity index (χ3v) is 5.77. The third kappa shape index (κ3) is 3.45. The normalized spacial score (nSPS) is 25.3. The monoisotopic (exact) mass is 305 g/mol. The molecule has 0 radical (unpaired) electrons. The van der Waals surface area contributed by atoms with Gasteiger partial charge in [0.05, 0.1) is 7.11 Å². The second kappa shape index (κ2) is 6.57. The van der Waals surface area contributed by atoms with Crippen molar-refractivity contribution in [2.75, 3.05) is 20.7 Å². The van der Waals surface area contributed by atoms with E-state index in [0.717, 1.165) is 12.0 Å². The van der Waals surface area contributed by atoms with Gasteiger partial charge in [-0.05, 0) is 62.3 Å². The first-order valence-electron chi connectivity index (χ1n) is 8.64. The fourth-order valence-electron chi connectivity index (χ4n) is 4.53. The average Bonchev–Trinajstić information content (AvgIpc) is 2.50. The number of likely N-dealkylation sites (tertiary alicyclic amines) is 1. The summed E-state index contributed by atoms with van der Waals surface area (Å²) < 4.78 is 18.8. The predicted octanol–water partition coefficient (Wildman–Crippen LogP) is 4.42. The van der Waals surface area contributed by atoms with Crippen molar-refractivity contribution in [2.24, 2.45) is 5.41 Å². The average molecular weight is 305 g/mol. The maximum absolute atomic E-state index is 13.7. The van der Waals surface area contributed by atoms with Crippen LogP contribution in [0.4, 0.5) is 4.39 Å². The van der Waals surface area contributed by atoms with E-state index in [0.29, 0.717) is 17.2 Å². The summed E-state index contributed by atoms with van der Waals surface area (Å²) in [5.41, 5.74) is 1.62. The Morgan fingerprint density at radius 1 is 1.18 bits per heavy atom. The number of hydrogen-bond acceptors (Lipinski definition) is 2. The number of ether oxygens (including phenoxy) is 1. The summed E-state index contributed by atoms with van der Waals surface area (Å²) in [7, 11) is 3.84. The van der Waals surface area contributed by atoms with Crippen LogP contribution in [0, 0.1) is 11.2 Å². The fourth-order valence-corrected chi connectivity index (χ4v) is 4.53. The first kappa shape index (κ1) is 15.8. The van der Waals surface area contributed by atoms with E-state index in [2.05, 4.69) is 11.9 Å². The molecule has 122 valence electrons. The Balaban J connectivity index is 1.65. The van der Waals surface area contributed by atoms with Crippen LogP contribution >= 0.6 is 0 Å².